The van der Waals surface area contributed by atoms with E-state index in [0.717, 1.165) is 44.6 Å². The van der Waals surface area contributed by atoms with Crippen molar-refractivity contribution < 1.29 is 14.0 Å². The molecule has 7 heteroatoms. The second-order valence-electron chi connectivity index (χ2n) is 8.84. The second-order valence-corrected chi connectivity index (χ2v) is 10.2. The van der Waals surface area contributed by atoms with Crippen LogP contribution in [-0.2, 0) is 17.9 Å². The lowest BCUT2D eigenvalue weighted by Crippen LogP contribution is -2.27. The number of aromatic nitrogens is 1. The molecule has 182 valence electrons. The van der Waals surface area contributed by atoms with E-state index in [1.165, 1.54) is 11.0 Å². The van der Waals surface area contributed by atoms with Gasteiger partial charge in [0.05, 0.1) is 18.0 Å². The number of fused-ring (bicyclic) bond motifs is 2. The maximum absolute atomic E-state index is 14.5. The zero-order valence-electron chi connectivity index (χ0n) is 19.5. The normalized spacial score (nSPS) is 15.0. The van der Waals surface area contributed by atoms with Gasteiger partial charge in [-0.3, -0.25) is 14.5 Å². The minimum atomic E-state index is -0.374. The molecule has 0 N–H and O–H groups in total. The Kier molecular flexibility index (Phi) is 6.07. The van der Waals surface area contributed by atoms with Crippen molar-refractivity contribution in [2.45, 2.75) is 13.1 Å². The van der Waals surface area contributed by atoms with Gasteiger partial charge in [0.25, 0.3) is 11.1 Å². The Morgan fingerprint density at radius 2 is 1.57 bits per heavy atom. The lowest BCUT2D eigenvalue weighted by atomic mass is 10.0. The first-order valence-electron chi connectivity index (χ1n) is 11.7. The van der Waals surface area contributed by atoms with Crippen LogP contribution in [0.25, 0.3) is 27.8 Å². The van der Waals surface area contributed by atoms with Crippen molar-refractivity contribution in [3.05, 3.63) is 124 Å². The van der Waals surface area contributed by atoms with Gasteiger partial charge in [0.15, 0.2) is 0 Å². The zero-order chi connectivity index (χ0) is 25.5. The fourth-order valence-corrected chi connectivity index (χ4v) is 5.80. The molecular formula is C30H20ClFN2O2S. The number of hydrogen-bond donors (Lipinski definition) is 0. The smallest absolute Gasteiger partial charge is 0.293 e. The molecule has 0 aliphatic carbocycles. The van der Waals surface area contributed by atoms with Gasteiger partial charge in [0.2, 0.25) is 0 Å². The number of hydrogen-bond acceptors (Lipinski definition) is 3. The van der Waals surface area contributed by atoms with Crippen LogP contribution in [0.1, 0.15) is 16.7 Å². The quantitative estimate of drug-likeness (QED) is 0.219. The topological polar surface area (TPSA) is 42.3 Å². The van der Waals surface area contributed by atoms with Crippen molar-refractivity contribution in [2.75, 3.05) is 0 Å². The van der Waals surface area contributed by atoms with Crippen LogP contribution in [0.15, 0.2) is 96.0 Å². The molecule has 0 radical (unpaired) electrons. The van der Waals surface area contributed by atoms with E-state index in [9.17, 15) is 14.0 Å². The van der Waals surface area contributed by atoms with Gasteiger partial charge in [-0.05, 0) is 52.4 Å². The van der Waals surface area contributed by atoms with E-state index in [1.807, 2.05) is 77.5 Å². The van der Waals surface area contributed by atoms with Crippen LogP contribution in [0.2, 0.25) is 5.02 Å². The first-order chi connectivity index (χ1) is 18.0. The predicted octanol–water partition coefficient (Wildman–Crippen LogP) is 7.87. The molecule has 0 spiro atoms. The Hall–Kier alpha value is -3.87. The third kappa shape index (κ3) is 4.32. The summed E-state index contributed by atoms with van der Waals surface area (Å²) in [5.74, 6) is -0.696. The molecule has 6 rings (SSSR count). The molecule has 4 nitrogen and oxygen atoms in total. The molecule has 2 heterocycles. The number of benzene rings is 4. The van der Waals surface area contributed by atoms with Crippen LogP contribution in [0.4, 0.5) is 9.18 Å². The largest absolute Gasteiger partial charge is 0.342 e. The summed E-state index contributed by atoms with van der Waals surface area (Å²) >= 11 is 7.21. The molecule has 1 saturated heterocycles. The molecular weight excluding hydrogens is 507 g/mol. The molecule has 1 fully saturated rings. The van der Waals surface area contributed by atoms with Crippen molar-refractivity contribution >= 4 is 62.3 Å². The van der Waals surface area contributed by atoms with Crippen LogP contribution >= 0.6 is 23.4 Å². The van der Waals surface area contributed by atoms with Crippen molar-refractivity contribution in [1.82, 2.24) is 9.47 Å². The van der Waals surface area contributed by atoms with Crippen molar-refractivity contribution in [1.29, 1.82) is 0 Å². The van der Waals surface area contributed by atoms with Gasteiger partial charge >= 0.3 is 0 Å². The van der Waals surface area contributed by atoms with Gasteiger partial charge in [-0.1, -0.05) is 78.3 Å². The Morgan fingerprint density at radius 1 is 0.838 bits per heavy atom. The summed E-state index contributed by atoms with van der Waals surface area (Å²) in [6.07, 6.45) is 3.61. The minimum Gasteiger partial charge on any atom is -0.342 e. The van der Waals surface area contributed by atoms with E-state index in [1.54, 1.807) is 18.2 Å². The van der Waals surface area contributed by atoms with Gasteiger partial charge in [-0.25, -0.2) is 4.39 Å². The van der Waals surface area contributed by atoms with Gasteiger partial charge in [0.1, 0.15) is 5.82 Å². The highest BCUT2D eigenvalue weighted by molar-refractivity contribution is 8.18. The monoisotopic (exact) mass is 526 g/mol. The summed E-state index contributed by atoms with van der Waals surface area (Å²) < 4.78 is 16.4. The number of carbonyl (C=O) groups is 2. The summed E-state index contributed by atoms with van der Waals surface area (Å²) in [5, 5.41) is 3.03. The zero-order valence-corrected chi connectivity index (χ0v) is 21.1. The molecule has 0 atom stereocenters. The molecule has 2 amide bonds. The lowest BCUT2D eigenvalue weighted by molar-refractivity contribution is -0.123. The number of imide groups is 1. The maximum Gasteiger partial charge on any atom is 0.293 e. The molecule has 0 unspecified atom stereocenters. The maximum atomic E-state index is 14.5. The SMILES string of the molecule is O=C1S/C(=C\c2cn(Cc3c(F)cccc3Cl)c3ccccc23)C(=O)N1Cc1cccc2ccccc12. The van der Waals surface area contributed by atoms with Crippen LogP contribution in [0, 0.1) is 5.82 Å². The van der Waals surface area contributed by atoms with Crippen LogP contribution in [0.3, 0.4) is 0 Å². The summed E-state index contributed by atoms with van der Waals surface area (Å²) in [6, 6.07) is 26.1. The number of rotatable bonds is 5. The molecule has 0 saturated carbocycles. The highest BCUT2D eigenvalue weighted by Gasteiger charge is 2.35. The van der Waals surface area contributed by atoms with E-state index in [-0.39, 0.29) is 30.1 Å². The average Bonchev–Trinajstić information content (AvgIpc) is 3.38. The molecule has 5 aromatic rings. The molecule has 37 heavy (non-hydrogen) atoms. The Balaban J connectivity index is 1.34. The third-order valence-corrected chi connectivity index (χ3v) is 7.84. The molecule has 1 aliphatic heterocycles. The highest BCUT2D eigenvalue weighted by atomic mass is 35.5. The van der Waals surface area contributed by atoms with Crippen LogP contribution in [0.5, 0.6) is 0 Å². The van der Waals surface area contributed by atoms with Gasteiger partial charge in [-0.15, -0.1) is 0 Å². The second kappa shape index (κ2) is 9.54. The van der Waals surface area contributed by atoms with E-state index in [2.05, 4.69) is 0 Å². The number of amides is 2. The van der Waals surface area contributed by atoms with Crippen molar-refractivity contribution in [3.63, 3.8) is 0 Å². The number of thioether (sulfide) groups is 1. The fourth-order valence-electron chi connectivity index (χ4n) is 4.75. The van der Waals surface area contributed by atoms with E-state index in [4.69, 9.17) is 11.6 Å². The van der Waals surface area contributed by atoms with E-state index < -0.39 is 0 Å². The summed E-state index contributed by atoms with van der Waals surface area (Å²) in [5.41, 5.74) is 2.97. The summed E-state index contributed by atoms with van der Waals surface area (Å²) in [6.45, 7) is 0.444. The fraction of sp³-hybridized carbons (Fsp3) is 0.0667. The predicted molar refractivity (Wildman–Crippen MR) is 148 cm³/mol. The van der Waals surface area contributed by atoms with Crippen molar-refractivity contribution in [2.24, 2.45) is 0 Å². The Bertz CT molecular complexity index is 1720. The first kappa shape index (κ1) is 23.5. The third-order valence-electron chi connectivity index (χ3n) is 6.58. The van der Waals surface area contributed by atoms with E-state index in [0.29, 0.717) is 15.5 Å². The van der Waals surface area contributed by atoms with Gasteiger partial charge in [0, 0.05) is 33.2 Å². The minimum absolute atomic E-state index is 0.205. The van der Waals surface area contributed by atoms with Gasteiger partial charge in [-0.2, -0.15) is 0 Å². The Morgan fingerprint density at radius 3 is 2.41 bits per heavy atom. The Labute approximate surface area is 221 Å². The average molecular weight is 527 g/mol. The highest BCUT2D eigenvalue weighted by Crippen LogP contribution is 2.36. The summed E-state index contributed by atoms with van der Waals surface area (Å²) in [4.78, 5) is 27.8. The van der Waals surface area contributed by atoms with Crippen molar-refractivity contribution in [3.8, 4) is 0 Å². The molecule has 4 aromatic carbocycles. The molecule has 1 aromatic heterocycles. The van der Waals surface area contributed by atoms with Crippen LogP contribution < -0.4 is 0 Å². The molecule has 1 aliphatic rings. The number of para-hydroxylation sites is 1. The summed E-state index contributed by atoms with van der Waals surface area (Å²) in [7, 11) is 0. The van der Waals surface area contributed by atoms with Gasteiger partial charge < -0.3 is 4.57 Å². The standard InChI is InChI=1S/C30H20ClFN2O2S/c31-25-12-6-13-26(32)24(25)18-33-16-21(23-11-3-4-14-27(23)33)15-28-29(35)34(30(36)37-28)17-20-9-5-8-19-7-1-2-10-22(19)20/h1-16H,17-18H2/b28-15-. The molecule has 0 bridgehead atoms. The van der Waals surface area contributed by atoms with Crippen LogP contribution in [-0.4, -0.2) is 20.6 Å². The van der Waals surface area contributed by atoms with E-state index >= 15 is 0 Å². The first-order valence-corrected chi connectivity index (χ1v) is 12.9. The number of halogens is 2. The number of carbonyl (C=O) groups excluding carboxylic acids is 2. The lowest BCUT2D eigenvalue weighted by Gasteiger charge is -2.14. The number of nitrogens with zero attached hydrogens (tertiary/aromatic N) is 2.